The van der Waals surface area contributed by atoms with Crippen LogP contribution >= 0.6 is 0 Å². The number of hydrogen-bond donors (Lipinski definition) is 1. The van der Waals surface area contributed by atoms with Crippen LogP contribution in [0.3, 0.4) is 0 Å². The third-order valence-corrected chi connectivity index (χ3v) is 3.87. The summed E-state index contributed by atoms with van der Waals surface area (Å²) in [4.78, 5) is 14.0. The van der Waals surface area contributed by atoms with Crippen molar-refractivity contribution < 1.29 is 9.90 Å². The molecule has 0 saturated heterocycles. The van der Waals surface area contributed by atoms with E-state index in [0.717, 1.165) is 38.5 Å². The van der Waals surface area contributed by atoms with Crippen LogP contribution in [0, 0.1) is 5.92 Å². The highest BCUT2D eigenvalue weighted by molar-refractivity contribution is 5.78. The lowest BCUT2D eigenvalue weighted by atomic mass is 9.90. The lowest BCUT2D eigenvalue weighted by molar-refractivity contribution is -0.140. The zero-order chi connectivity index (χ0) is 12.1. The van der Waals surface area contributed by atoms with Gasteiger partial charge in [0.25, 0.3) is 0 Å². The summed E-state index contributed by atoms with van der Waals surface area (Å²) < 4.78 is 0. The van der Waals surface area contributed by atoms with Gasteiger partial charge >= 0.3 is 0 Å². The smallest absolute Gasteiger partial charge is 0.225 e. The fourth-order valence-corrected chi connectivity index (χ4v) is 2.63. The topological polar surface area (TPSA) is 40.5 Å². The predicted molar refractivity (Wildman–Crippen MR) is 65.1 cm³/mol. The van der Waals surface area contributed by atoms with Gasteiger partial charge in [0, 0.05) is 13.0 Å². The Morgan fingerprint density at radius 1 is 1.31 bits per heavy atom. The van der Waals surface area contributed by atoms with E-state index in [1.54, 1.807) is 4.90 Å². The molecule has 0 bridgehead atoms. The van der Waals surface area contributed by atoms with Crippen LogP contribution in [0.1, 0.15) is 52.4 Å². The second-order valence-electron chi connectivity index (χ2n) is 4.88. The van der Waals surface area contributed by atoms with Gasteiger partial charge in [0.2, 0.25) is 5.91 Å². The minimum absolute atomic E-state index is 0.0434. The molecule has 2 atom stereocenters. The van der Waals surface area contributed by atoms with E-state index < -0.39 is 0 Å². The second kappa shape index (κ2) is 6.24. The summed E-state index contributed by atoms with van der Waals surface area (Å²) in [6, 6.07) is 0.0434. The van der Waals surface area contributed by atoms with Gasteiger partial charge < -0.3 is 10.0 Å². The Morgan fingerprint density at radius 2 is 1.88 bits per heavy atom. The molecule has 1 saturated carbocycles. The lowest BCUT2D eigenvalue weighted by Crippen LogP contribution is -2.48. The molecule has 1 aliphatic rings. The number of hydrogen-bond acceptors (Lipinski definition) is 2. The highest BCUT2D eigenvalue weighted by Gasteiger charge is 2.31. The maximum absolute atomic E-state index is 12.2. The number of carbonyl (C=O) groups excluding carboxylic acids is 1. The average molecular weight is 227 g/mol. The Morgan fingerprint density at radius 3 is 2.38 bits per heavy atom. The van der Waals surface area contributed by atoms with E-state index in [1.165, 1.54) is 0 Å². The fourth-order valence-electron chi connectivity index (χ4n) is 2.63. The molecule has 0 heterocycles. The van der Waals surface area contributed by atoms with E-state index >= 15 is 0 Å². The first kappa shape index (κ1) is 13.5. The zero-order valence-electron chi connectivity index (χ0n) is 10.8. The van der Waals surface area contributed by atoms with Crippen molar-refractivity contribution in [1.82, 2.24) is 4.90 Å². The van der Waals surface area contributed by atoms with Crippen molar-refractivity contribution in [3.63, 3.8) is 0 Å². The second-order valence-corrected chi connectivity index (χ2v) is 4.88. The Kier molecular flexibility index (Phi) is 5.26. The van der Waals surface area contributed by atoms with Crippen LogP contribution in [0.15, 0.2) is 0 Å². The molecule has 1 N–H and O–H groups in total. The van der Waals surface area contributed by atoms with Crippen molar-refractivity contribution in [3.05, 3.63) is 0 Å². The Hall–Kier alpha value is -0.570. The molecular formula is C13H25NO2. The molecule has 1 rings (SSSR count). The van der Waals surface area contributed by atoms with Crippen LogP contribution < -0.4 is 0 Å². The molecule has 1 fully saturated rings. The van der Waals surface area contributed by atoms with E-state index in [1.807, 2.05) is 7.05 Å². The number of likely N-dealkylation sites (N-methyl/N-ethyl adjacent to an activating group) is 1. The first-order chi connectivity index (χ1) is 7.61. The molecule has 0 aromatic rings. The largest absolute Gasteiger partial charge is 0.391 e. The molecule has 3 heteroatoms. The Bertz CT molecular complexity index is 226. The number of rotatable bonds is 4. The fraction of sp³-hybridized carbons (Fsp3) is 0.923. The standard InChI is InChI=1S/C13H25NO2/c1-4-10(5-2)13(16)14(3)11-8-6-7-9-12(11)15/h10-12,15H,4-9H2,1-3H3. The van der Waals surface area contributed by atoms with Gasteiger partial charge in [-0.2, -0.15) is 0 Å². The van der Waals surface area contributed by atoms with Crippen LogP contribution in [0.4, 0.5) is 0 Å². The van der Waals surface area contributed by atoms with Crippen molar-refractivity contribution in [2.45, 2.75) is 64.5 Å². The molecule has 0 aromatic carbocycles. The molecule has 0 aliphatic heterocycles. The van der Waals surface area contributed by atoms with E-state index in [2.05, 4.69) is 13.8 Å². The highest BCUT2D eigenvalue weighted by Crippen LogP contribution is 2.24. The summed E-state index contributed by atoms with van der Waals surface area (Å²) in [5, 5.41) is 9.92. The SMILES string of the molecule is CCC(CC)C(=O)N(C)C1CCCCC1O. The molecule has 1 amide bonds. The van der Waals surface area contributed by atoms with Crippen LogP contribution in [-0.2, 0) is 4.79 Å². The van der Waals surface area contributed by atoms with Crippen molar-refractivity contribution in [1.29, 1.82) is 0 Å². The first-order valence-electron chi connectivity index (χ1n) is 6.56. The lowest BCUT2D eigenvalue weighted by Gasteiger charge is -2.36. The van der Waals surface area contributed by atoms with Gasteiger partial charge in [0.05, 0.1) is 12.1 Å². The zero-order valence-corrected chi connectivity index (χ0v) is 10.8. The third kappa shape index (κ3) is 2.97. The Labute approximate surface area is 98.8 Å². The van der Waals surface area contributed by atoms with Crippen LogP contribution in [-0.4, -0.2) is 35.1 Å². The van der Waals surface area contributed by atoms with Crippen molar-refractivity contribution in [2.75, 3.05) is 7.05 Å². The van der Waals surface area contributed by atoms with E-state index in [9.17, 15) is 9.90 Å². The predicted octanol–water partition coefficient (Wildman–Crippen LogP) is 2.18. The van der Waals surface area contributed by atoms with Crippen LogP contribution in [0.5, 0.6) is 0 Å². The summed E-state index contributed by atoms with van der Waals surface area (Å²) in [6.07, 6.45) is 5.46. The van der Waals surface area contributed by atoms with Gasteiger partial charge in [-0.25, -0.2) is 0 Å². The number of amides is 1. The van der Waals surface area contributed by atoms with Gasteiger partial charge in [-0.15, -0.1) is 0 Å². The van der Waals surface area contributed by atoms with Crippen molar-refractivity contribution >= 4 is 5.91 Å². The van der Waals surface area contributed by atoms with Gasteiger partial charge in [0.1, 0.15) is 0 Å². The first-order valence-corrected chi connectivity index (χ1v) is 6.56. The van der Waals surface area contributed by atoms with Crippen molar-refractivity contribution in [3.8, 4) is 0 Å². The number of nitrogens with zero attached hydrogens (tertiary/aromatic N) is 1. The quantitative estimate of drug-likeness (QED) is 0.799. The molecule has 2 unspecified atom stereocenters. The minimum atomic E-state index is -0.322. The number of carbonyl (C=O) groups is 1. The molecule has 0 aromatic heterocycles. The van der Waals surface area contributed by atoms with Gasteiger partial charge in [-0.05, 0) is 25.7 Å². The summed E-state index contributed by atoms with van der Waals surface area (Å²) in [5.74, 6) is 0.329. The summed E-state index contributed by atoms with van der Waals surface area (Å²) >= 11 is 0. The van der Waals surface area contributed by atoms with E-state index in [0.29, 0.717) is 0 Å². The monoisotopic (exact) mass is 227 g/mol. The molecule has 94 valence electrons. The van der Waals surface area contributed by atoms with Crippen LogP contribution in [0.25, 0.3) is 0 Å². The third-order valence-electron chi connectivity index (χ3n) is 3.87. The number of aliphatic hydroxyl groups is 1. The van der Waals surface area contributed by atoms with E-state index in [-0.39, 0.29) is 24.0 Å². The van der Waals surface area contributed by atoms with Gasteiger partial charge in [0.15, 0.2) is 0 Å². The molecule has 16 heavy (non-hydrogen) atoms. The molecular weight excluding hydrogens is 202 g/mol. The minimum Gasteiger partial charge on any atom is -0.391 e. The molecule has 1 aliphatic carbocycles. The maximum atomic E-state index is 12.2. The molecule has 0 spiro atoms. The van der Waals surface area contributed by atoms with Gasteiger partial charge in [-0.1, -0.05) is 26.7 Å². The summed E-state index contributed by atoms with van der Waals surface area (Å²) in [6.45, 7) is 4.11. The molecule has 3 nitrogen and oxygen atoms in total. The molecule has 0 radical (unpaired) electrons. The van der Waals surface area contributed by atoms with E-state index in [4.69, 9.17) is 0 Å². The summed E-state index contributed by atoms with van der Waals surface area (Å²) in [5.41, 5.74) is 0. The average Bonchev–Trinajstić information content (AvgIpc) is 2.30. The number of aliphatic hydroxyl groups excluding tert-OH is 1. The normalized spacial score (nSPS) is 25.8. The van der Waals surface area contributed by atoms with Crippen LogP contribution in [0.2, 0.25) is 0 Å². The Balaban J connectivity index is 2.60. The highest BCUT2D eigenvalue weighted by atomic mass is 16.3. The van der Waals surface area contributed by atoms with Crippen molar-refractivity contribution in [2.24, 2.45) is 5.92 Å². The maximum Gasteiger partial charge on any atom is 0.225 e. The summed E-state index contributed by atoms with van der Waals surface area (Å²) in [7, 11) is 1.85. The van der Waals surface area contributed by atoms with Gasteiger partial charge in [-0.3, -0.25) is 4.79 Å².